The number of carbonyl (C=O) groups is 2. The molecule has 2 bridgehead atoms. The second-order valence-corrected chi connectivity index (χ2v) is 11.3. The molecule has 36 heavy (non-hydrogen) atoms. The molecule has 0 saturated heterocycles. The van der Waals surface area contributed by atoms with Gasteiger partial charge in [0.2, 0.25) is 0 Å². The number of nitrogens with zero attached hydrogens (tertiary/aromatic N) is 1. The number of aromatic amines is 1. The quantitative estimate of drug-likeness (QED) is 0.425. The number of rotatable bonds is 5. The van der Waals surface area contributed by atoms with Gasteiger partial charge in [0.1, 0.15) is 5.82 Å². The standard InChI is InChI=1S/C30H36N4O2/c1-18-4-2-3-5-24(18)33-30(36)23-14-15-25-27(17-23)32-28(31-25)21-10-12-22(13-11-21)29(35)34-26-16-19-6-8-20(26)9-7-19/h10-15,17-20,24,26H,2-9,16H2,1H3,(H,31,32)(H,33,36)(H,34,35). The van der Waals surface area contributed by atoms with E-state index in [1.807, 2.05) is 42.5 Å². The SMILES string of the molecule is CC1CCCCC1NC(=O)c1ccc2[nH]c(-c3ccc(C(=O)NC4CC5CCC4CC5)cc3)nc2c1. The Hall–Kier alpha value is -3.15. The number of hydrogen-bond donors (Lipinski definition) is 3. The molecule has 2 amide bonds. The van der Waals surface area contributed by atoms with Crippen molar-refractivity contribution < 1.29 is 9.59 Å². The molecule has 4 fully saturated rings. The van der Waals surface area contributed by atoms with E-state index in [0.29, 0.717) is 29.0 Å². The Bertz CT molecular complexity index is 1260. The van der Waals surface area contributed by atoms with Gasteiger partial charge in [0, 0.05) is 28.8 Å². The first-order valence-electron chi connectivity index (χ1n) is 13.8. The lowest BCUT2D eigenvalue weighted by atomic mass is 9.68. The van der Waals surface area contributed by atoms with E-state index in [-0.39, 0.29) is 17.9 Å². The van der Waals surface area contributed by atoms with Crippen LogP contribution >= 0.6 is 0 Å². The van der Waals surface area contributed by atoms with E-state index in [1.165, 1.54) is 44.9 Å². The number of benzene rings is 2. The molecule has 2 aromatic carbocycles. The van der Waals surface area contributed by atoms with Crippen LogP contribution in [0.2, 0.25) is 0 Å². The smallest absolute Gasteiger partial charge is 0.251 e. The zero-order valence-corrected chi connectivity index (χ0v) is 21.1. The van der Waals surface area contributed by atoms with Gasteiger partial charge in [-0.25, -0.2) is 4.98 Å². The molecule has 6 nitrogen and oxygen atoms in total. The third-order valence-corrected chi connectivity index (χ3v) is 8.96. The largest absolute Gasteiger partial charge is 0.349 e. The zero-order chi connectivity index (χ0) is 24.6. The molecule has 3 atom stereocenters. The highest BCUT2D eigenvalue weighted by atomic mass is 16.2. The van der Waals surface area contributed by atoms with Crippen LogP contribution in [-0.4, -0.2) is 33.9 Å². The fourth-order valence-electron chi connectivity index (χ4n) is 6.65. The van der Waals surface area contributed by atoms with Crippen LogP contribution in [0.1, 0.15) is 85.4 Å². The van der Waals surface area contributed by atoms with Crippen molar-refractivity contribution in [2.75, 3.05) is 0 Å². The monoisotopic (exact) mass is 484 g/mol. The summed E-state index contributed by atoms with van der Waals surface area (Å²) in [5.74, 6) is 2.68. The Morgan fingerprint density at radius 1 is 0.833 bits per heavy atom. The van der Waals surface area contributed by atoms with Crippen LogP contribution in [0.4, 0.5) is 0 Å². The first-order valence-corrected chi connectivity index (χ1v) is 13.8. The van der Waals surface area contributed by atoms with Crippen molar-refractivity contribution in [3.63, 3.8) is 0 Å². The van der Waals surface area contributed by atoms with Gasteiger partial charge in [0.15, 0.2) is 0 Å². The van der Waals surface area contributed by atoms with Crippen LogP contribution in [0, 0.1) is 17.8 Å². The van der Waals surface area contributed by atoms with Gasteiger partial charge in [-0.05, 0) is 80.2 Å². The second-order valence-electron chi connectivity index (χ2n) is 11.3. The predicted molar refractivity (Wildman–Crippen MR) is 142 cm³/mol. The minimum Gasteiger partial charge on any atom is -0.349 e. The minimum absolute atomic E-state index is 0.0200. The molecule has 1 aromatic heterocycles. The van der Waals surface area contributed by atoms with Crippen LogP contribution in [0.5, 0.6) is 0 Å². The van der Waals surface area contributed by atoms with Crippen molar-refractivity contribution in [2.45, 2.75) is 76.8 Å². The van der Waals surface area contributed by atoms with Crippen LogP contribution in [0.3, 0.4) is 0 Å². The van der Waals surface area contributed by atoms with Gasteiger partial charge in [0.05, 0.1) is 11.0 Å². The lowest BCUT2D eigenvalue weighted by Crippen LogP contribution is -2.47. The predicted octanol–water partition coefficient (Wildman–Crippen LogP) is 5.85. The molecule has 4 aliphatic carbocycles. The summed E-state index contributed by atoms with van der Waals surface area (Å²) in [4.78, 5) is 33.8. The third-order valence-electron chi connectivity index (χ3n) is 8.96. The van der Waals surface area contributed by atoms with Crippen molar-refractivity contribution >= 4 is 22.8 Å². The van der Waals surface area contributed by atoms with Crippen molar-refractivity contribution in [1.29, 1.82) is 0 Å². The lowest BCUT2D eigenvalue weighted by Gasteiger charge is -2.42. The summed E-state index contributed by atoms with van der Waals surface area (Å²) in [6, 6.07) is 13.9. The van der Waals surface area contributed by atoms with Crippen LogP contribution in [-0.2, 0) is 0 Å². The number of imidazole rings is 1. The number of fused-ring (bicyclic) bond motifs is 4. The molecule has 3 N–H and O–H groups in total. The molecule has 4 saturated carbocycles. The number of hydrogen-bond acceptors (Lipinski definition) is 3. The molecule has 1 heterocycles. The molecule has 188 valence electrons. The van der Waals surface area contributed by atoms with E-state index in [4.69, 9.17) is 4.98 Å². The highest BCUT2D eigenvalue weighted by molar-refractivity contribution is 5.98. The summed E-state index contributed by atoms with van der Waals surface area (Å²) in [7, 11) is 0. The molecule has 6 heteroatoms. The van der Waals surface area contributed by atoms with Gasteiger partial charge in [-0.2, -0.15) is 0 Å². The topological polar surface area (TPSA) is 86.9 Å². The maximum Gasteiger partial charge on any atom is 0.251 e. The Morgan fingerprint density at radius 2 is 1.53 bits per heavy atom. The molecule has 3 aromatic rings. The molecule has 0 aliphatic heterocycles. The van der Waals surface area contributed by atoms with Gasteiger partial charge in [-0.3, -0.25) is 9.59 Å². The van der Waals surface area contributed by atoms with E-state index in [9.17, 15) is 9.59 Å². The summed E-state index contributed by atoms with van der Waals surface area (Å²) in [5, 5.41) is 6.52. The minimum atomic E-state index is -0.0262. The summed E-state index contributed by atoms with van der Waals surface area (Å²) < 4.78 is 0. The lowest BCUT2D eigenvalue weighted by molar-refractivity contribution is 0.0810. The van der Waals surface area contributed by atoms with E-state index in [0.717, 1.165) is 41.2 Å². The highest BCUT2D eigenvalue weighted by Gasteiger charge is 2.36. The molecule has 7 rings (SSSR count). The van der Waals surface area contributed by atoms with Gasteiger partial charge in [-0.1, -0.05) is 44.7 Å². The number of amides is 2. The zero-order valence-electron chi connectivity index (χ0n) is 21.1. The summed E-state index contributed by atoms with van der Waals surface area (Å²) >= 11 is 0. The Balaban J connectivity index is 1.13. The number of carbonyl (C=O) groups excluding carboxylic acids is 2. The third kappa shape index (κ3) is 4.65. The molecular formula is C30H36N4O2. The van der Waals surface area contributed by atoms with Crippen molar-refractivity contribution in [3.8, 4) is 11.4 Å². The maximum absolute atomic E-state index is 12.9. The summed E-state index contributed by atoms with van der Waals surface area (Å²) in [5.41, 5.74) is 3.90. The first kappa shape index (κ1) is 23.3. The first-order chi connectivity index (χ1) is 17.5. The number of nitrogens with one attached hydrogen (secondary N) is 3. The Kier molecular flexibility index (Phi) is 6.28. The van der Waals surface area contributed by atoms with Gasteiger partial charge in [0.25, 0.3) is 11.8 Å². The fourth-order valence-corrected chi connectivity index (χ4v) is 6.65. The summed E-state index contributed by atoms with van der Waals surface area (Å²) in [6.07, 6.45) is 11.0. The molecule has 0 radical (unpaired) electrons. The molecule has 3 unspecified atom stereocenters. The molecule has 4 aliphatic rings. The van der Waals surface area contributed by atoms with E-state index >= 15 is 0 Å². The molecular weight excluding hydrogens is 448 g/mol. The van der Waals surface area contributed by atoms with Crippen molar-refractivity contribution in [3.05, 3.63) is 53.6 Å². The van der Waals surface area contributed by atoms with E-state index < -0.39 is 0 Å². The number of H-pyrrole nitrogens is 1. The normalized spacial score (nSPS) is 27.6. The average molecular weight is 485 g/mol. The average Bonchev–Trinajstić information content (AvgIpc) is 3.34. The van der Waals surface area contributed by atoms with E-state index in [1.54, 1.807) is 0 Å². The van der Waals surface area contributed by atoms with Crippen molar-refractivity contribution in [1.82, 2.24) is 20.6 Å². The van der Waals surface area contributed by atoms with Gasteiger partial charge in [-0.15, -0.1) is 0 Å². The van der Waals surface area contributed by atoms with Gasteiger partial charge >= 0.3 is 0 Å². The van der Waals surface area contributed by atoms with Crippen LogP contribution in [0.15, 0.2) is 42.5 Å². The van der Waals surface area contributed by atoms with Crippen LogP contribution in [0.25, 0.3) is 22.4 Å². The second kappa shape index (κ2) is 9.72. The Morgan fingerprint density at radius 3 is 2.25 bits per heavy atom. The Labute approximate surface area is 212 Å². The maximum atomic E-state index is 12.9. The highest BCUT2D eigenvalue weighted by Crippen LogP contribution is 2.41. The van der Waals surface area contributed by atoms with E-state index in [2.05, 4.69) is 22.5 Å². The summed E-state index contributed by atoms with van der Waals surface area (Å²) in [6.45, 7) is 2.22. The fraction of sp³-hybridized carbons (Fsp3) is 0.500. The molecule has 0 spiro atoms. The number of aromatic nitrogens is 2. The van der Waals surface area contributed by atoms with Crippen molar-refractivity contribution in [2.24, 2.45) is 17.8 Å². The van der Waals surface area contributed by atoms with Gasteiger partial charge < -0.3 is 15.6 Å². The van der Waals surface area contributed by atoms with Crippen LogP contribution < -0.4 is 10.6 Å².